The van der Waals surface area contributed by atoms with Crippen LogP contribution in [0.25, 0.3) is 0 Å². The first-order valence-corrected chi connectivity index (χ1v) is 9.22. The Hall–Kier alpha value is -3.29. The van der Waals surface area contributed by atoms with E-state index in [4.69, 9.17) is 0 Å². The van der Waals surface area contributed by atoms with Crippen LogP contribution in [-0.2, 0) is 11.3 Å². The molecule has 0 saturated heterocycles. The number of carbonyl (C=O) groups is 3. The van der Waals surface area contributed by atoms with E-state index >= 15 is 0 Å². The lowest BCUT2D eigenvalue weighted by Gasteiger charge is -2.21. The average Bonchev–Trinajstić information content (AvgIpc) is 2.70. The summed E-state index contributed by atoms with van der Waals surface area (Å²) in [6.45, 7) is 3.89. The molecule has 1 aromatic carbocycles. The Kier molecular flexibility index (Phi) is 7.41. The SMILES string of the molecule is CCN(CC(=O)NCc1ccc(F)cc1)C(=O)c1ccc(C(=O)N(C)C)nc1C. The first kappa shape index (κ1) is 22.0. The van der Waals surface area contributed by atoms with E-state index in [1.54, 1.807) is 46.1 Å². The molecule has 7 nitrogen and oxygen atoms in total. The molecule has 154 valence electrons. The van der Waals surface area contributed by atoms with Gasteiger partial charge in [-0.25, -0.2) is 9.37 Å². The maximum absolute atomic E-state index is 12.9. The van der Waals surface area contributed by atoms with Crippen LogP contribution in [0.1, 0.15) is 39.0 Å². The second-order valence-corrected chi connectivity index (χ2v) is 6.75. The van der Waals surface area contributed by atoms with E-state index in [1.807, 2.05) is 0 Å². The predicted octanol–water partition coefficient (Wildman–Crippen LogP) is 2.01. The Morgan fingerprint density at radius 3 is 2.24 bits per heavy atom. The maximum atomic E-state index is 12.9. The third-order valence-corrected chi connectivity index (χ3v) is 4.35. The molecule has 2 rings (SSSR count). The van der Waals surface area contributed by atoms with Crippen molar-refractivity contribution >= 4 is 17.7 Å². The van der Waals surface area contributed by atoms with E-state index in [1.165, 1.54) is 28.0 Å². The van der Waals surface area contributed by atoms with Crippen molar-refractivity contribution < 1.29 is 18.8 Å². The van der Waals surface area contributed by atoms with Gasteiger partial charge in [0.2, 0.25) is 5.91 Å². The minimum absolute atomic E-state index is 0.117. The highest BCUT2D eigenvalue weighted by molar-refractivity contribution is 5.98. The number of carbonyl (C=O) groups excluding carboxylic acids is 3. The molecule has 0 spiro atoms. The number of aromatic nitrogens is 1. The number of pyridine rings is 1. The fourth-order valence-electron chi connectivity index (χ4n) is 2.67. The van der Waals surface area contributed by atoms with E-state index < -0.39 is 0 Å². The van der Waals surface area contributed by atoms with Gasteiger partial charge >= 0.3 is 0 Å². The maximum Gasteiger partial charge on any atom is 0.271 e. The molecule has 8 heteroatoms. The Morgan fingerprint density at radius 1 is 1.03 bits per heavy atom. The van der Waals surface area contributed by atoms with Crippen LogP contribution < -0.4 is 5.32 Å². The minimum Gasteiger partial charge on any atom is -0.350 e. The second-order valence-electron chi connectivity index (χ2n) is 6.75. The summed E-state index contributed by atoms with van der Waals surface area (Å²) < 4.78 is 12.9. The lowest BCUT2D eigenvalue weighted by Crippen LogP contribution is -2.40. The van der Waals surface area contributed by atoms with Crippen molar-refractivity contribution in [1.82, 2.24) is 20.1 Å². The van der Waals surface area contributed by atoms with Crippen LogP contribution in [0.4, 0.5) is 4.39 Å². The number of nitrogens with zero attached hydrogens (tertiary/aromatic N) is 3. The van der Waals surface area contributed by atoms with Crippen molar-refractivity contribution in [1.29, 1.82) is 0 Å². The molecular weight excluding hydrogens is 375 g/mol. The van der Waals surface area contributed by atoms with Crippen LogP contribution >= 0.6 is 0 Å². The first-order chi connectivity index (χ1) is 13.7. The number of nitrogens with one attached hydrogen (secondary N) is 1. The van der Waals surface area contributed by atoms with Crippen molar-refractivity contribution in [2.24, 2.45) is 0 Å². The molecule has 0 aliphatic heterocycles. The molecule has 0 bridgehead atoms. The lowest BCUT2D eigenvalue weighted by atomic mass is 10.1. The fourth-order valence-corrected chi connectivity index (χ4v) is 2.67. The van der Waals surface area contributed by atoms with Crippen LogP contribution in [0.3, 0.4) is 0 Å². The summed E-state index contributed by atoms with van der Waals surface area (Å²) in [5, 5.41) is 2.72. The van der Waals surface area contributed by atoms with Crippen LogP contribution in [0.2, 0.25) is 0 Å². The van der Waals surface area contributed by atoms with Crippen LogP contribution in [-0.4, -0.2) is 59.7 Å². The highest BCUT2D eigenvalue weighted by Crippen LogP contribution is 2.12. The summed E-state index contributed by atoms with van der Waals surface area (Å²) >= 11 is 0. The van der Waals surface area contributed by atoms with Gasteiger partial charge in [-0.15, -0.1) is 0 Å². The van der Waals surface area contributed by atoms with E-state index in [0.717, 1.165) is 5.56 Å². The van der Waals surface area contributed by atoms with Crippen molar-refractivity contribution in [3.05, 3.63) is 64.7 Å². The lowest BCUT2D eigenvalue weighted by molar-refractivity contribution is -0.121. The molecular formula is C21H25FN4O3. The molecule has 1 N–H and O–H groups in total. The Morgan fingerprint density at radius 2 is 1.69 bits per heavy atom. The topological polar surface area (TPSA) is 82.6 Å². The molecule has 0 atom stereocenters. The van der Waals surface area contributed by atoms with E-state index in [-0.39, 0.29) is 42.3 Å². The average molecular weight is 400 g/mol. The van der Waals surface area contributed by atoms with Gasteiger partial charge in [0, 0.05) is 27.2 Å². The van der Waals surface area contributed by atoms with Crippen molar-refractivity contribution in [2.75, 3.05) is 27.2 Å². The highest BCUT2D eigenvalue weighted by Gasteiger charge is 2.21. The van der Waals surface area contributed by atoms with Gasteiger partial charge in [0.15, 0.2) is 0 Å². The number of amides is 3. The van der Waals surface area contributed by atoms with Gasteiger partial charge < -0.3 is 15.1 Å². The normalized spacial score (nSPS) is 10.4. The zero-order valence-electron chi connectivity index (χ0n) is 17.0. The van der Waals surface area contributed by atoms with Gasteiger partial charge in [-0.3, -0.25) is 14.4 Å². The van der Waals surface area contributed by atoms with Crippen LogP contribution in [0, 0.1) is 12.7 Å². The summed E-state index contributed by atoms with van der Waals surface area (Å²) in [5.41, 5.74) is 1.78. The molecule has 0 fully saturated rings. The fraction of sp³-hybridized carbons (Fsp3) is 0.333. The number of likely N-dealkylation sites (N-methyl/N-ethyl adjacent to an activating group) is 1. The van der Waals surface area contributed by atoms with E-state index in [0.29, 0.717) is 17.8 Å². The van der Waals surface area contributed by atoms with Crippen molar-refractivity contribution in [3.63, 3.8) is 0 Å². The molecule has 0 aliphatic carbocycles. The Bertz CT molecular complexity index is 897. The van der Waals surface area contributed by atoms with Gasteiger partial charge in [0.1, 0.15) is 11.5 Å². The van der Waals surface area contributed by atoms with E-state index in [2.05, 4.69) is 10.3 Å². The van der Waals surface area contributed by atoms with Gasteiger partial charge in [-0.05, 0) is 43.7 Å². The standard InChI is InChI=1S/C21H25FN4O3/c1-5-26(13-19(27)23-12-15-6-8-16(22)9-7-15)20(28)17-10-11-18(24-14(17)2)21(29)25(3)4/h6-11H,5,12-13H2,1-4H3,(H,23,27). The molecule has 3 amide bonds. The van der Waals surface area contributed by atoms with Crippen molar-refractivity contribution in [3.8, 4) is 0 Å². The smallest absolute Gasteiger partial charge is 0.271 e. The Balaban J connectivity index is 2.03. The van der Waals surface area contributed by atoms with Gasteiger partial charge in [0.25, 0.3) is 11.8 Å². The molecule has 0 radical (unpaired) electrons. The molecule has 0 saturated carbocycles. The number of benzene rings is 1. The highest BCUT2D eigenvalue weighted by atomic mass is 19.1. The predicted molar refractivity (Wildman–Crippen MR) is 107 cm³/mol. The Labute approximate surface area is 169 Å². The largest absolute Gasteiger partial charge is 0.350 e. The third kappa shape index (κ3) is 5.84. The quantitative estimate of drug-likeness (QED) is 0.771. The summed E-state index contributed by atoms with van der Waals surface area (Å²) in [6.07, 6.45) is 0. The van der Waals surface area contributed by atoms with Gasteiger partial charge in [-0.1, -0.05) is 12.1 Å². The summed E-state index contributed by atoms with van der Waals surface area (Å²) in [5.74, 6) is -1.25. The minimum atomic E-state index is -0.342. The molecule has 1 heterocycles. The number of aryl methyl sites for hydroxylation is 1. The van der Waals surface area contributed by atoms with E-state index in [9.17, 15) is 18.8 Å². The van der Waals surface area contributed by atoms with Gasteiger partial charge in [-0.2, -0.15) is 0 Å². The number of rotatable bonds is 7. The molecule has 1 aromatic heterocycles. The molecule has 0 aliphatic rings. The first-order valence-electron chi connectivity index (χ1n) is 9.22. The molecule has 0 unspecified atom stereocenters. The van der Waals surface area contributed by atoms with Gasteiger partial charge in [0.05, 0.1) is 17.8 Å². The monoisotopic (exact) mass is 400 g/mol. The number of hydrogen-bond donors (Lipinski definition) is 1. The zero-order valence-corrected chi connectivity index (χ0v) is 17.0. The summed E-state index contributed by atoms with van der Waals surface area (Å²) in [7, 11) is 3.25. The zero-order chi connectivity index (χ0) is 21.6. The van der Waals surface area contributed by atoms with Crippen molar-refractivity contribution in [2.45, 2.75) is 20.4 Å². The number of halogens is 1. The number of hydrogen-bond acceptors (Lipinski definition) is 4. The summed E-state index contributed by atoms with van der Waals surface area (Å²) in [6, 6.07) is 8.88. The molecule has 2 aromatic rings. The van der Waals surface area contributed by atoms with Crippen LogP contribution in [0.15, 0.2) is 36.4 Å². The third-order valence-electron chi connectivity index (χ3n) is 4.35. The van der Waals surface area contributed by atoms with Crippen LogP contribution in [0.5, 0.6) is 0 Å². The second kappa shape index (κ2) is 9.77. The molecule has 29 heavy (non-hydrogen) atoms. The summed E-state index contributed by atoms with van der Waals surface area (Å²) in [4.78, 5) is 44.1.